The maximum atomic E-state index is 12.6. The molecule has 0 bridgehead atoms. The largest absolute Gasteiger partial charge is 0.491 e. The van der Waals surface area contributed by atoms with Gasteiger partial charge < -0.3 is 14.8 Å². The smallest absolute Gasteiger partial charge is 0.251 e. The lowest BCUT2D eigenvalue weighted by Gasteiger charge is -2.31. The van der Waals surface area contributed by atoms with E-state index < -0.39 is 10.8 Å². The van der Waals surface area contributed by atoms with Gasteiger partial charge in [0.05, 0.1) is 11.4 Å². The van der Waals surface area contributed by atoms with Gasteiger partial charge in [-0.3, -0.25) is 9.00 Å². The Labute approximate surface area is 158 Å². The Hall–Kier alpha value is -1.40. The van der Waals surface area contributed by atoms with E-state index in [2.05, 4.69) is 5.32 Å². The van der Waals surface area contributed by atoms with Crippen LogP contribution in [0.1, 0.15) is 55.8 Å². The van der Waals surface area contributed by atoms with Gasteiger partial charge in [-0.25, -0.2) is 0 Å². The molecule has 3 rings (SSSR count). The van der Waals surface area contributed by atoms with E-state index >= 15 is 0 Å². The molecule has 6 heteroatoms. The number of nitrogens with one attached hydrogen (secondary N) is 1. The van der Waals surface area contributed by atoms with Crippen LogP contribution in [0, 0.1) is 0 Å². The highest BCUT2D eigenvalue weighted by atomic mass is 32.2. The molecule has 4 atom stereocenters. The summed E-state index contributed by atoms with van der Waals surface area (Å²) in [7, 11) is -0.871. The first kappa shape index (κ1) is 19.4. The average molecular weight is 380 g/mol. The molecule has 26 heavy (non-hydrogen) atoms. The lowest BCUT2D eigenvalue weighted by molar-refractivity contribution is 0.0679. The van der Waals surface area contributed by atoms with Crippen molar-refractivity contribution in [3.05, 3.63) is 29.8 Å². The lowest BCUT2D eigenvalue weighted by atomic mass is 9.94. The highest BCUT2D eigenvalue weighted by molar-refractivity contribution is 7.85. The Bertz CT molecular complexity index is 613. The molecule has 1 saturated heterocycles. The van der Waals surface area contributed by atoms with E-state index in [1.165, 1.54) is 0 Å². The van der Waals surface area contributed by atoms with Crippen molar-refractivity contribution in [1.29, 1.82) is 0 Å². The molecular weight excluding hydrogens is 350 g/mol. The van der Waals surface area contributed by atoms with Crippen LogP contribution in [-0.4, -0.2) is 46.5 Å². The first-order chi connectivity index (χ1) is 12.7. The summed E-state index contributed by atoms with van der Waals surface area (Å²) in [4.78, 5) is 12.6. The zero-order valence-corrected chi connectivity index (χ0v) is 16.3. The molecule has 0 spiro atoms. The molecule has 1 aromatic rings. The molecule has 1 aliphatic heterocycles. The van der Waals surface area contributed by atoms with Gasteiger partial charge in [0.15, 0.2) is 0 Å². The molecule has 1 saturated carbocycles. The van der Waals surface area contributed by atoms with Crippen LogP contribution in [-0.2, 0) is 15.5 Å². The number of hydrogen-bond acceptors (Lipinski definition) is 4. The van der Waals surface area contributed by atoms with Gasteiger partial charge in [-0.2, -0.15) is 0 Å². The number of ether oxygens (including phenoxy) is 2. The standard InChI is InChI=1S/C20H29NO4S/c1-2-26(23)19-8-4-3-7-18(19)21-20(22)15-9-11-16(12-10-15)25-14-17-6-5-13-24-17/h9-12,17-19H,2-8,13-14H2,1H3,(H,21,22)/t17-,18+,19+,26-/m0/s1. The van der Waals surface area contributed by atoms with Crippen LogP contribution in [0.25, 0.3) is 0 Å². The molecule has 5 nitrogen and oxygen atoms in total. The van der Waals surface area contributed by atoms with Crippen molar-refractivity contribution >= 4 is 16.7 Å². The Morgan fingerprint density at radius 1 is 1.19 bits per heavy atom. The fourth-order valence-electron chi connectivity index (χ4n) is 3.71. The lowest BCUT2D eigenvalue weighted by Crippen LogP contribution is -2.47. The second-order valence-corrected chi connectivity index (χ2v) is 8.99. The highest BCUT2D eigenvalue weighted by Gasteiger charge is 2.30. The van der Waals surface area contributed by atoms with Gasteiger partial charge in [0.25, 0.3) is 5.91 Å². The predicted molar refractivity (Wildman–Crippen MR) is 103 cm³/mol. The molecule has 144 valence electrons. The van der Waals surface area contributed by atoms with Crippen molar-refractivity contribution in [2.75, 3.05) is 19.0 Å². The molecular formula is C20H29NO4S. The van der Waals surface area contributed by atoms with Crippen LogP contribution in [0.3, 0.4) is 0 Å². The van der Waals surface area contributed by atoms with E-state index in [4.69, 9.17) is 9.47 Å². The first-order valence-electron chi connectivity index (χ1n) is 9.70. The van der Waals surface area contributed by atoms with Gasteiger partial charge in [-0.1, -0.05) is 19.8 Å². The van der Waals surface area contributed by atoms with Crippen molar-refractivity contribution in [2.45, 2.75) is 62.8 Å². The summed E-state index contributed by atoms with van der Waals surface area (Å²) in [5.41, 5.74) is 0.612. The van der Waals surface area contributed by atoms with E-state index in [0.717, 1.165) is 50.9 Å². The van der Waals surface area contributed by atoms with E-state index in [1.54, 1.807) is 12.1 Å². The Kier molecular flexibility index (Phi) is 7.08. The predicted octanol–water partition coefficient (Wildman–Crippen LogP) is 3.05. The summed E-state index contributed by atoms with van der Waals surface area (Å²) < 4.78 is 23.5. The van der Waals surface area contributed by atoms with E-state index in [-0.39, 0.29) is 23.3 Å². The third-order valence-electron chi connectivity index (χ3n) is 5.22. The second kappa shape index (κ2) is 9.51. The number of hydrogen-bond donors (Lipinski definition) is 1. The topological polar surface area (TPSA) is 64.6 Å². The summed E-state index contributed by atoms with van der Waals surface area (Å²) in [6.07, 6.45) is 6.34. The number of rotatable bonds is 7. The minimum Gasteiger partial charge on any atom is -0.491 e. The number of carbonyl (C=O) groups is 1. The molecule has 2 fully saturated rings. The van der Waals surface area contributed by atoms with Crippen LogP contribution in [0.5, 0.6) is 5.75 Å². The fraction of sp³-hybridized carbons (Fsp3) is 0.650. The van der Waals surface area contributed by atoms with Gasteiger partial charge in [0.1, 0.15) is 12.4 Å². The maximum absolute atomic E-state index is 12.6. The monoisotopic (exact) mass is 379 g/mol. The zero-order valence-electron chi connectivity index (χ0n) is 15.4. The molecule has 1 aromatic carbocycles. The van der Waals surface area contributed by atoms with Crippen LogP contribution >= 0.6 is 0 Å². The first-order valence-corrected chi connectivity index (χ1v) is 11.1. The maximum Gasteiger partial charge on any atom is 0.251 e. The van der Waals surface area contributed by atoms with E-state index in [0.29, 0.717) is 17.9 Å². The van der Waals surface area contributed by atoms with Gasteiger partial charge in [0.2, 0.25) is 0 Å². The summed E-state index contributed by atoms with van der Waals surface area (Å²) in [6.45, 7) is 3.31. The van der Waals surface area contributed by atoms with Crippen molar-refractivity contribution < 1.29 is 18.5 Å². The summed E-state index contributed by atoms with van der Waals surface area (Å²) >= 11 is 0. The average Bonchev–Trinajstić information content (AvgIpc) is 3.20. The minimum atomic E-state index is -0.871. The van der Waals surface area contributed by atoms with Crippen molar-refractivity contribution in [2.24, 2.45) is 0 Å². The van der Waals surface area contributed by atoms with E-state index in [9.17, 15) is 9.00 Å². The third kappa shape index (κ3) is 5.07. The van der Waals surface area contributed by atoms with Crippen molar-refractivity contribution in [1.82, 2.24) is 5.32 Å². The van der Waals surface area contributed by atoms with Gasteiger partial charge in [-0.05, 0) is 49.9 Å². The van der Waals surface area contributed by atoms with Crippen LogP contribution in [0.4, 0.5) is 0 Å². The Balaban J connectivity index is 1.54. The molecule has 1 amide bonds. The summed E-state index contributed by atoms with van der Waals surface area (Å²) in [5, 5.41) is 3.18. The number of benzene rings is 1. The fourth-order valence-corrected chi connectivity index (χ4v) is 5.14. The van der Waals surface area contributed by atoms with Gasteiger partial charge in [0, 0.05) is 34.8 Å². The summed E-state index contributed by atoms with van der Waals surface area (Å²) in [5.74, 6) is 1.30. The number of carbonyl (C=O) groups excluding carboxylic acids is 1. The number of amides is 1. The van der Waals surface area contributed by atoms with Crippen LogP contribution in [0.15, 0.2) is 24.3 Å². The molecule has 0 unspecified atom stereocenters. The normalized spacial score (nSPS) is 27.0. The van der Waals surface area contributed by atoms with Crippen LogP contribution in [0.2, 0.25) is 0 Å². The van der Waals surface area contributed by atoms with Crippen molar-refractivity contribution in [3.63, 3.8) is 0 Å². The zero-order chi connectivity index (χ0) is 18.4. The molecule has 1 aliphatic carbocycles. The van der Waals surface area contributed by atoms with Crippen LogP contribution < -0.4 is 10.1 Å². The quantitative estimate of drug-likeness (QED) is 0.791. The minimum absolute atomic E-state index is 0.00692. The summed E-state index contributed by atoms with van der Waals surface area (Å²) in [6, 6.07) is 7.23. The van der Waals surface area contributed by atoms with Gasteiger partial charge >= 0.3 is 0 Å². The third-order valence-corrected chi connectivity index (χ3v) is 7.03. The van der Waals surface area contributed by atoms with Gasteiger partial charge in [-0.15, -0.1) is 0 Å². The van der Waals surface area contributed by atoms with Crippen molar-refractivity contribution in [3.8, 4) is 5.75 Å². The molecule has 2 aliphatic rings. The molecule has 1 N–H and O–H groups in total. The Morgan fingerprint density at radius 3 is 2.65 bits per heavy atom. The molecule has 0 radical (unpaired) electrons. The SMILES string of the molecule is CC[S@](=O)[C@@H]1CCCC[C@H]1NC(=O)c1ccc(OC[C@@H]2CCCO2)cc1. The second-order valence-electron chi connectivity index (χ2n) is 7.04. The molecule has 0 aromatic heterocycles. The molecule has 1 heterocycles. The highest BCUT2D eigenvalue weighted by Crippen LogP contribution is 2.24. The Morgan fingerprint density at radius 2 is 1.96 bits per heavy atom. The van der Waals surface area contributed by atoms with E-state index in [1.807, 2.05) is 19.1 Å².